The van der Waals surface area contributed by atoms with Gasteiger partial charge >= 0.3 is 0 Å². The van der Waals surface area contributed by atoms with Crippen molar-refractivity contribution in [1.82, 2.24) is 15.2 Å². The van der Waals surface area contributed by atoms with Gasteiger partial charge in [0.2, 0.25) is 0 Å². The lowest BCUT2D eigenvalue weighted by Gasteiger charge is -1.77. The van der Waals surface area contributed by atoms with Gasteiger partial charge in [0.25, 0.3) is 0 Å². The zero-order valence-electron chi connectivity index (χ0n) is 5.10. The molecule has 0 saturated heterocycles. The second-order valence-electron chi connectivity index (χ2n) is 1.96. The molecule has 4 heteroatoms. The number of rotatable bonds is 0. The number of hydrogen-bond donors (Lipinski definition) is 1. The van der Waals surface area contributed by atoms with Gasteiger partial charge in [0, 0.05) is 0 Å². The number of fused-ring (bicyclic) bond motifs is 1. The Bertz CT molecular complexity index is 322. The quantitative estimate of drug-likeness (QED) is 0.540. The first kappa shape index (κ1) is 5.22. The van der Waals surface area contributed by atoms with Gasteiger partial charge in [0.05, 0.1) is 0 Å². The summed E-state index contributed by atoms with van der Waals surface area (Å²) in [5.41, 5.74) is 1.40. The molecular weight excluding hydrogens is 130 g/mol. The average Bonchev–Trinajstić information content (AvgIpc) is 2.27. The highest BCUT2D eigenvalue weighted by molar-refractivity contribution is 5.72. The topological polar surface area (TPSA) is 50.9 Å². The zero-order valence-corrected chi connectivity index (χ0v) is 5.10. The van der Waals surface area contributed by atoms with Crippen molar-refractivity contribution in [1.29, 1.82) is 0 Å². The predicted octanol–water partition coefficient (Wildman–Crippen LogP) is 0.669. The predicted molar refractivity (Wildman–Crippen MR) is 34.7 cm³/mol. The van der Waals surface area contributed by atoms with Crippen molar-refractivity contribution in [2.24, 2.45) is 0 Å². The van der Waals surface area contributed by atoms with Gasteiger partial charge in [-0.05, 0) is 17.1 Å². The van der Waals surface area contributed by atoms with Gasteiger partial charge in [0.1, 0.15) is 11.0 Å². The fraction of sp³-hybridized carbons (Fsp3) is 0. The molecule has 2 aromatic rings. The van der Waals surface area contributed by atoms with Crippen LogP contribution in [0.1, 0.15) is 0 Å². The minimum atomic E-state index is 0.574. The lowest BCUT2D eigenvalue weighted by molar-refractivity contribution is 0.113. The maximum atomic E-state index is 8.75. The molecule has 1 heterocycles. The Hall–Kier alpha value is -1.58. The molecule has 0 radical (unpaired) electrons. The Kier molecular flexibility index (Phi) is 0.887. The molecule has 10 heavy (non-hydrogen) atoms. The zero-order chi connectivity index (χ0) is 6.97. The summed E-state index contributed by atoms with van der Waals surface area (Å²) in [6.45, 7) is 0. The van der Waals surface area contributed by atoms with Crippen LogP contribution in [-0.4, -0.2) is 20.4 Å². The van der Waals surface area contributed by atoms with Gasteiger partial charge in [0.15, 0.2) is 0 Å². The third-order valence-corrected chi connectivity index (χ3v) is 1.28. The molecule has 4 nitrogen and oxygen atoms in total. The molecule has 1 aromatic carbocycles. The van der Waals surface area contributed by atoms with Crippen LogP contribution in [0, 0.1) is 0 Å². The van der Waals surface area contributed by atoms with Crippen LogP contribution >= 0.6 is 0 Å². The highest BCUT2D eigenvalue weighted by Crippen LogP contribution is 2.05. The normalized spacial score (nSPS) is 10.4. The summed E-state index contributed by atoms with van der Waals surface area (Å²) in [7, 11) is 0. The van der Waals surface area contributed by atoms with Crippen LogP contribution in [0.15, 0.2) is 24.3 Å². The molecule has 50 valence electrons. The molecule has 0 unspecified atom stereocenters. The fourth-order valence-electron chi connectivity index (χ4n) is 0.848. The van der Waals surface area contributed by atoms with Crippen LogP contribution < -0.4 is 0 Å². The van der Waals surface area contributed by atoms with E-state index in [4.69, 9.17) is 5.21 Å². The summed E-state index contributed by atoms with van der Waals surface area (Å²) >= 11 is 0. The number of hydrogen-bond acceptors (Lipinski definition) is 3. The van der Waals surface area contributed by atoms with Gasteiger partial charge in [-0.3, -0.25) is 0 Å². The van der Waals surface area contributed by atoms with E-state index in [1.54, 1.807) is 12.1 Å². The third kappa shape index (κ3) is 0.621. The number of nitrogens with zero attached hydrogens (tertiary/aromatic N) is 3. The van der Waals surface area contributed by atoms with Crippen LogP contribution in [0.5, 0.6) is 0 Å². The van der Waals surface area contributed by atoms with Crippen molar-refractivity contribution in [2.75, 3.05) is 0 Å². The van der Waals surface area contributed by atoms with Crippen LogP contribution in [-0.2, 0) is 0 Å². The van der Waals surface area contributed by atoms with Gasteiger partial charge < -0.3 is 5.21 Å². The minimum absolute atomic E-state index is 0.574. The Morgan fingerprint density at radius 2 is 1.60 bits per heavy atom. The van der Waals surface area contributed by atoms with Crippen molar-refractivity contribution >= 4 is 11.0 Å². The highest BCUT2D eigenvalue weighted by Gasteiger charge is 1.96. The van der Waals surface area contributed by atoms with Crippen molar-refractivity contribution in [2.45, 2.75) is 0 Å². The lowest BCUT2D eigenvalue weighted by atomic mass is 10.3. The Balaban J connectivity index is 2.88. The van der Waals surface area contributed by atoms with E-state index in [-0.39, 0.29) is 0 Å². The van der Waals surface area contributed by atoms with E-state index in [2.05, 4.69) is 10.2 Å². The third-order valence-electron chi connectivity index (χ3n) is 1.28. The first-order chi connectivity index (χ1) is 4.86. The van der Waals surface area contributed by atoms with Crippen LogP contribution in [0.3, 0.4) is 0 Å². The van der Waals surface area contributed by atoms with Crippen molar-refractivity contribution < 1.29 is 5.21 Å². The van der Waals surface area contributed by atoms with Crippen molar-refractivity contribution in [3.8, 4) is 0 Å². The average molecular weight is 135 g/mol. The second-order valence-corrected chi connectivity index (χ2v) is 1.96. The molecule has 2 rings (SSSR count). The Labute approximate surface area is 56.7 Å². The summed E-state index contributed by atoms with van der Waals surface area (Å²) < 4.78 is 0. The fourth-order valence-corrected chi connectivity index (χ4v) is 0.848. The summed E-state index contributed by atoms with van der Waals surface area (Å²) in [5.74, 6) is 0. The summed E-state index contributed by atoms with van der Waals surface area (Å²) in [6, 6.07) is 7.26. The summed E-state index contributed by atoms with van der Waals surface area (Å²) in [5, 5.41) is 16.1. The number of aromatic nitrogens is 3. The molecule has 0 aliphatic rings. The molecule has 1 N–H and O–H groups in total. The summed E-state index contributed by atoms with van der Waals surface area (Å²) in [6.07, 6.45) is 0. The molecule has 0 bridgehead atoms. The van der Waals surface area contributed by atoms with E-state index in [1.165, 1.54) is 0 Å². The first-order valence-electron chi connectivity index (χ1n) is 2.87. The van der Waals surface area contributed by atoms with E-state index < -0.39 is 0 Å². The minimum Gasteiger partial charge on any atom is -0.396 e. The molecule has 0 aliphatic heterocycles. The largest absolute Gasteiger partial charge is 0.396 e. The first-order valence-corrected chi connectivity index (χ1v) is 2.87. The number of benzene rings is 1. The summed E-state index contributed by atoms with van der Waals surface area (Å²) in [4.78, 5) is 0.574. The Morgan fingerprint density at radius 1 is 1.10 bits per heavy atom. The van der Waals surface area contributed by atoms with Crippen LogP contribution in [0.2, 0.25) is 0 Å². The van der Waals surface area contributed by atoms with Crippen LogP contribution in [0.25, 0.3) is 11.0 Å². The SMILES string of the molecule is On1nc2ccccc2n1. The molecule has 0 spiro atoms. The van der Waals surface area contributed by atoms with E-state index in [0.717, 1.165) is 0 Å². The van der Waals surface area contributed by atoms with Gasteiger partial charge in [-0.2, -0.15) is 0 Å². The Morgan fingerprint density at radius 3 is 2.10 bits per heavy atom. The van der Waals surface area contributed by atoms with Crippen LogP contribution in [0.4, 0.5) is 0 Å². The monoisotopic (exact) mass is 135 g/mol. The smallest absolute Gasteiger partial charge is 0.116 e. The van der Waals surface area contributed by atoms with E-state index in [0.29, 0.717) is 16.0 Å². The van der Waals surface area contributed by atoms with E-state index in [9.17, 15) is 0 Å². The molecule has 0 amide bonds. The van der Waals surface area contributed by atoms with Gasteiger partial charge in [-0.25, -0.2) is 0 Å². The molecule has 1 aromatic heterocycles. The maximum absolute atomic E-state index is 8.75. The lowest BCUT2D eigenvalue weighted by Crippen LogP contribution is -1.92. The van der Waals surface area contributed by atoms with Gasteiger partial charge in [-0.15, -0.1) is 10.2 Å². The molecular formula is C6H5N3O. The highest BCUT2D eigenvalue weighted by atomic mass is 16.5. The molecule has 0 fully saturated rings. The molecule has 0 aliphatic carbocycles. The molecule has 0 atom stereocenters. The van der Waals surface area contributed by atoms with E-state index >= 15 is 0 Å². The standard InChI is InChI=1S/C6H5N3O/c10-9-7-5-3-1-2-4-6(5)8-9/h1-4,10H. The van der Waals surface area contributed by atoms with Gasteiger partial charge in [-0.1, -0.05) is 12.1 Å². The second kappa shape index (κ2) is 1.70. The van der Waals surface area contributed by atoms with E-state index in [1.807, 2.05) is 12.1 Å². The van der Waals surface area contributed by atoms with Crippen molar-refractivity contribution in [3.05, 3.63) is 24.3 Å². The van der Waals surface area contributed by atoms with Crippen molar-refractivity contribution in [3.63, 3.8) is 0 Å². The maximum Gasteiger partial charge on any atom is 0.116 e. The molecule has 0 saturated carbocycles.